The highest BCUT2D eigenvalue weighted by Crippen LogP contribution is 2.27. The first-order valence-electron chi connectivity index (χ1n) is 7.62. The molecule has 0 heterocycles. The van der Waals surface area contributed by atoms with Crippen LogP contribution in [0.15, 0.2) is 30.3 Å². The minimum absolute atomic E-state index is 0.143. The number of rotatable bonds is 5. The number of aryl methyl sites for hydroxylation is 2. The van der Waals surface area contributed by atoms with E-state index in [1.807, 2.05) is 26.8 Å². The van der Waals surface area contributed by atoms with Crippen LogP contribution in [-0.2, 0) is 4.79 Å². The van der Waals surface area contributed by atoms with Gasteiger partial charge in [0.15, 0.2) is 18.2 Å². The minimum atomic E-state index is -0.890. The van der Waals surface area contributed by atoms with Crippen molar-refractivity contribution >= 4 is 23.2 Å². The Hall–Kier alpha value is -1.98. The first-order valence-corrected chi connectivity index (χ1v) is 8.00. The molecule has 0 unspecified atom stereocenters. The van der Waals surface area contributed by atoms with E-state index in [-0.39, 0.29) is 18.5 Å². The molecule has 6 heteroatoms. The van der Waals surface area contributed by atoms with Crippen molar-refractivity contribution in [3.63, 3.8) is 0 Å². The second-order valence-electron chi connectivity index (χ2n) is 5.89. The molecule has 1 amide bonds. The summed E-state index contributed by atoms with van der Waals surface area (Å²) in [6, 6.07) is 7.30. The summed E-state index contributed by atoms with van der Waals surface area (Å²) in [7, 11) is 0. The van der Waals surface area contributed by atoms with Gasteiger partial charge in [-0.3, -0.25) is 4.79 Å². The van der Waals surface area contributed by atoms with Crippen molar-refractivity contribution in [2.45, 2.75) is 26.8 Å². The Kier molecular flexibility index (Phi) is 5.91. The molecule has 3 nitrogen and oxygen atoms in total. The summed E-state index contributed by atoms with van der Waals surface area (Å²) in [6.07, 6.45) is 0. The topological polar surface area (TPSA) is 45.7 Å². The van der Waals surface area contributed by atoms with Crippen LogP contribution in [0.2, 0.25) is 5.02 Å². The maximum absolute atomic E-state index is 13.3. The van der Waals surface area contributed by atoms with Gasteiger partial charge in [-0.1, -0.05) is 17.7 Å². The molecule has 2 aromatic carbocycles. The molecule has 0 bridgehead atoms. The van der Waals surface area contributed by atoms with Crippen LogP contribution in [0.3, 0.4) is 0 Å². The number of halogens is 3. The van der Waals surface area contributed by atoms with Crippen molar-refractivity contribution in [1.29, 1.82) is 0 Å². The van der Waals surface area contributed by atoms with Crippen molar-refractivity contribution in [2.75, 3.05) is 11.9 Å². The first kappa shape index (κ1) is 18.4. The van der Waals surface area contributed by atoms with Gasteiger partial charge in [0.1, 0.15) is 6.04 Å². The zero-order valence-electron chi connectivity index (χ0n) is 13.8. The largest absolute Gasteiger partial charge is 0.333 e. The molecule has 0 aliphatic heterocycles. The fraction of sp³-hybridized carbons (Fsp3) is 0.278. The Balaban J connectivity index is 1.97. The van der Waals surface area contributed by atoms with Gasteiger partial charge in [0, 0.05) is 5.56 Å². The fourth-order valence-corrected chi connectivity index (χ4v) is 2.85. The average molecular weight is 354 g/mol. The standard InChI is InChI=1S/C18H19ClF2N2O/c1-10-6-11(2)18(14(19)7-10)23-17(24)9-22-12(3)13-4-5-15(20)16(21)8-13/h4-8,12,22H,9H2,1-3H3,(H,23,24)/p+1/t12-/m0/s1. The molecular weight excluding hydrogens is 334 g/mol. The van der Waals surface area contributed by atoms with Gasteiger partial charge < -0.3 is 10.6 Å². The van der Waals surface area contributed by atoms with Crippen LogP contribution >= 0.6 is 11.6 Å². The smallest absolute Gasteiger partial charge is 0.279 e. The summed E-state index contributed by atoms with van der Waals surface area (Å²) in [4.78, 5) is 12.1. The van der Waals surface area contributed by atoms with Crippen LogP contribution in [0, 0.1) is 25.5 Å². The predicted octanol–water partition coefficient (Wildman–Crippen LogP) is 3.50. The number of benzene rings is 2. The second-order valence-corrected chi connectivity index (χ2v) is 6.30. The van der Waals surface area contributed by atoms with Crippen LogP contribution in [-0.4, -0.2) is 12.5 Å². The number of hydrogen-bond acceptors (Lipinski definition) is 1. The first-order chi connectivity index (χ1) is 11.3. The Morgan fingerprint density at radius 2 is 1.92 bits per heavy atom. The number of anilines is 1. The lowest BCUT2D eigenvalue weighted by Gasteiger charge is -2.13. The van der Waals surface area contributed by atoms with Gasteiger partial charge in [-0.05, 0) is 56.2 Å². The zero-order chi connectivity index (χ0) is 17.9. The van der Waals surface area contributed by atoms with Crippen LogP contribution in [0.4, 0.5) is 14.5 Å². The van der Waals surface area contributed by atoms with E-state index in [1.165, 1.54) is 6.07 Å². The molecule has 1 atom stereocenters. The highest BCUT2D eigenvalue weighted by atomic mass is 35.5. The fourth-order valence-electron chi connectivity index (χ4n) is 2.48. The summed E-state index contributed by atoms with van der Waals surface area (Å²) in [5.41, 5.74) is 3.13. The number of nitrogens with one attached hydrogen (secondary N) is 1. The molecule has 24 heavy (non-hydrogen) atoms. The van der Waals surface area contributed by atoms with Crippen LogP contribution < -0.4 is 10.6 Å². The van der Waals surface area contributed by atoms with Gasteiger partial charge in [-0.15, -0.1) is 0 Å². The molecule has 0 spiro atoms. The van der Waals surface area contributed by atoms with Gasteiger partial charge in [-0.25, -0.2) is 8.78 Å². The Labute approximate surface area is 145 Å². The zero-order valence-corrected chi connectivity index (χ0v) is 14.5. The lowest BCUT2D eigenvalue weighted by molar-refractivity contribution is -0.682. The van der Waals surface area contributed by atoms with Gasteiger partial charge >= 0.3 is 0 Å². The molecule has 0 saturated carbocycles. The van der Waals surface area contributed by atoms with E-state index in [0.717, 1.165) is 23.3 Å². The molecule has 0 fully saturated rings. The number of amides is 1. The van der Waals surface area contributed by atoms with Crippen molar-refractivity contribution < 1.29 is 18.9 Å². The van der Waals surface area contributed by atoms with Gasteiger partial charge in [0.05, 0.1) is 10.7 Å². The number of quaternary nitrogens is 1. The summed E-state index contributed by atoms with van der Waals surface area (Å²) in [5, 5.41) is 5.04. The van der Waals surface area contributed by atoms with E-state index in [2.05, 4.69) is 5.32 Å². The Morgan fingerprint density at radius 1 is 1.21 bits per heavy atom. The number of hydrogen-bond donors (Lipinski definition) is 2. The molecule has 0 saturated heterocycles. The maximum atomic E-state index is 13.3. The maximum Gasteiger partial charge on any atom is 0.279 e. The molecular formula is C18H20ClF2N2O+. The molecule has 2 aromatic rings. The van der Waals surface area contributed by atoms with Crippen molar-refractivity contribution in [2.24, 2.45) is 0 Å². The molecule has 2 rings (SSSR count). The van der Waals surface area contributed by atoms with Gasteiger partial charge in [-0.2, -0.15) is 0 Å². The van der Waals surface area contributed by atoms with E-state index >= 15 is 0 Å². The molecule has 3 N–H and O–H groups in total. The summed E-state index contributed by atoms with van der Waals surface area (Å²) < 4.78 is 26.2. The monoisotopic (exact) mass is 353 g/mol. The van der Waals surface area contributed by atoms with Crippen LogP contribution in [0.5, 0.6) is 0 Å². The quantitative estimate of drug-likeness (QED) is 0.849. The third-order valence-corrected chi connectivity index (χ3v) is 4.12. The lowest BCUT2D eigenvalue weighted by Crippen LogP contribution is -2.86. The number of nitrogens with two attached hydrogens (primary N) is 1. The summed E-state index contributed by atoms with van der Waals surface area (Å²) >= 11 is 6.17. The third-order valence-electron chi connectivity index (χ3n) is 3.82. The molecule has 0 aromatic heterocycles. The van der Waals surface area contributed by atoms with E-state index in [9.17, 15) is 13.6 Å². The predicted molar refractivity (Wildman–Crippen MR) is 91.1 cm³/mol. The second kappa shape index (κ2) is 7.73. The van der Waals surface area contributed by atoms with E-state index in [1.54, 1.807) is 11.4 Å². The highest BCUT2D eigenvalue weighted by Gasteiger charge is 2.15. The van der Waals surface area contributed by atoms with Crippen molar-refractivity contribution in [1.82, 2.24) is 0 Å². The van der Waals surface area contributed by atoms with Gasteiger partial charge in [0.25, 0.3) is 5.91 Å². The normalized spacial score (nSPS) is 12.1. The summed E-state index contributed by atoms with van der Waals surface area (Å²) in [6.45, 7) is 5.78. The lowest BCUT2D eigenvalue weighted by atomic mass is 10.1. The highest BCUT2D eigenvalue weighted by molar-refractivity contribution is 6.34. The molecule has 0 aliphatic carbocycles. The van der Waals surface area contributed by atoms with Crippen LogP contribution in [0.1, 0.15) is 29.7 Å². The molecule has 128 valence electrons. The SMILES string of the molecule is Cc1cc(C)c(NC(=O)C[NH2+][C@@H](C)c2ccc(F)c(F)c2)c(Cl)c1. The van der Waals surface area contributed by atoms with E-state index in [4.69, 9.17) is 11.6 Å². The van der Waals surface area contributed by atoms with Crippen molar-refractivity contribution in [3.05, 3.63) is 63.7 Å². The third kappa shape index (κ3) is 4.52. The molecule has 0 radical (unpaired) electrons. The summed E-state index contributed by atoms with van der Waals surface area (Å²) in [5.74, 6) is -1.98. The minimum Gasteiger partial charge on any atom is -0.333 e. The van der Waals surface area contributed by atoms with E-state index in [0.29, 0.717) is 16.3 Å². The Bertz CT molecular complexity index is 742. The number of carbonyl (C=O) groups is 1. The van der Waals surface area contributed by atoms with Crippen molar-refractivity contribution in [3.8, 4) is 0 Å². The number of carbonyl (C=O) groups excluding carboxylic acids is 1. The average Bonchev–Trinajstić information content (AvgIpc) is 2.51. The molecule has 0 aliphatic rings. The van der Waals surface area contributed by atoms with Crippen LogP contribution in [0.25, 0.3) is 0 Å². The Morgan fingerprint density at radius 3 is 2.54 bits per heavy atom. The van der Waals surface area contributed by atoms with Gasteiger partial charge in [0.2, 0.25) is 0 Å². The van der Waals surface area contributed by atoms with E-state index < -0.39 is 11.6 Å².